The summed E-state index contributed by atoms with van der Waals surface area (Å²) in [6.07, 6.45) is 1.30. The number of nitrogens with one attached hydrogen (secondary N) is 1. The second kappa shape index (κ2) is 6.93. The maximum atomic E-state index is 13.9. The van der Waals surface area contributed by atoms with Crippen LogP contribution in [-0.4, -0.2) is 42.8 Å². The number of benzene rings is 1. The van der Waals surface area contributed by atoms with Crippen molar-refractivity contribution in [3.63, 3.8) is 0 Å². The standard InChI is InChI=1S/C14H20F2N2O/c15-11-3-4-12(13(16)10-11)14(2-1-9-19)18-7-5-17-6-8-18/h3-4,10,14,17,19H,1-2,5-9H2/t14-/m1/s1. The lowest BCUT2D eigenvalue weighted by Gasteiger charge is -2.35. The quantitative estimate of drug-likeness (QED) is 0.854. The Labute approximate surface area is 112 Å². The summed E-state index contributed by atoms with van der Waals surface area (Å²) in [4.78, 5) is 2.20. The molecular weight excluding hydrogens is 250 g/mol. The summed E-state index contributed by atoms with van der Waals surface area (Å²) in [5.74, 6) is -1.05. The Morgan fingerprint density at radius 3 is 2.63 bits per heavy atom. The van der Waals surface area contributed by atoms with Crippen molar-refractivity contribution in [3.8, 4) is 0 Å². The third-order valence-corrected chi connectivity index (χ3v) is 3.55. The molecular formula is C14H20F2N2O. The molecule has 5 heteroatoms. The average molecular weight is 270 g/mol. The molecule has 0 spiro atoms. The molecule has 1 aliphatic heterocycles. The van der Waals surface area contributed by atoms with Crippen molar-refractivity contribution in [2.75, 3.05) is 32.8 Å². The number of nitrogens with zero attached hydrogens (tertiary/aromatic N) is 1. The van der Waals surface area contributed by atoms with E-state index in [1.165, 1.54) is 12.1 Å². The molecule has 1 heterocycles. The van der Waals surface area contributed by atoms with Gasteiger partial charge in [-0.15, -0.1) is 0 Å². The van der Waals surface area contributed by atoms with Crippen LogP contribution in [0.4, 0.5) is 8.78 Å². The minimum Gasteiger partial charge on any atom is -0.396 e. The largest absolute Gasteiger partial charge is 0.396 e. The number of hydrogen-bond acceptors (Lipinski definition) is 3. The summed E-state index contributed by atoms with van der Waals surface area (Å²) in [5, 5.41) is 12.2. The molecule has 19 heavy (non-hydrogen) atoms. The Bertz CT molecular complexity index is 408. The van der Waals surface area contributed by atoms with E-state index in [4.69, 9.17) is 5.11 Å². The number of halogens is 2. The van der Waals surface area contributed by atoms with Crippen LogP contribution >= 0.6 is 0 Å². The average Bonchev–Trinajstić information content (AvgIpc) is 2.42. The van der Waals surface area contributed by atoms with E-state index in [1.807, 2.05) is 0 Å². The molecule has 0 bridgehead atoms. The minimum atomic E-state index is -0.553. The minimum absolute atomic E-state index is 0.0881. The van der Waals surface area contributed by atoms with Gasteiger partial charge in [-0.3, -0.25) is 4.90 Å². The van der Waals surface area contributed by atoms with Crippen LogP contribution < -0.4 is 5.32 Å². The van der Waals surface area contributed by atoms with Crippen molar-refractivity contribution < 1.29 is 13.9 Å². The zero-order chi connectivity index (χ0) is 13.7. The lowest BCUT2D eigenvalue weighted by molar-refractivity contribution is 0.151. The normalized spacial score (nSPS) is 18.5. The Morgan fingerprint density at radius 1 is 1.26 bits per heavy atom. The SMILES string of the molecule is OCCC[C@H](c1ccc(F)cc1F)N1CCNCC1. The molecule has 1 aromatic carbocycles. The number of aliphatic hydroxyl groups is 1. The van der Waals surface area contributed by atoms with Gasteiger partial charge < -0.3 is 10.4 Å². The highest BCUT2D eigenvalue weighted by Crippen LogP contribution is 2.28. The van der Waals surface area contributed by atoms with E-state index in [0.717, 1.165) is 32.2 Å². The molecule has 3 nitrogen and oxygen atoms in total. The molecule has 0 radical (unpaired) electrons. The van der Waals surface area contributed by atoms with Gasteiger partial charge in [0.2, 0.25) is 0 Å². The highest BCUT2D eigenvalue weighted by Gasteiger charge is 2.24. The van der Waals surface area contributed by atoms with Crippen molar-refractivity contribution in [2.24, 2.45) is 0 Å². The van der Waals surface area contributed by atoms with Crippen LogP contribution in [0, 0.1) is 11.6 Å². The first-order chi connectivity index (χ1) is 9.22. The first kappa shape index (κ1) is 14.4. The molecule has 1 fully saturated rings. The van der Waals surface area contributed by atoms with E-state index < -0.39 is 11.6 Å². The number of rotatable bonds is 5. The van der Waals surface area contributed by atoms with Gasteiger partial charge in [0.05, 0.1) is 0 Å². The van der Waals surface area contributed by atoms with Crippen LogP contribution in [0.2, 0.25) is 0 Å². The maximum absolute atomic E-state index is 13.9. The molecule has 1 aliphatic rings. The molecule has 2 rings (SSSR count). The molecule has 0 aromatic heterocycles. The monoisotopic (exact) mass is 270 g/mol. The molecule has 1 atom stereocenters. The van der Waals surface area contributed by atoms with Crippen molar-refractivity contribution >= 4 is 0 Å². The third kappa shape index (κ3) is 3.72. The Balaban J connectivity index is 2.19. The molecule has 1 aromatic rings. The van der Waals surface area contributed by atoms with Gasteiger partial charge in [-0.2, -0.15) is 0 Å². The molecule has 0 saturated carbocycles. The van der Waals surface area contributed by atoms with Crippen molar-refractivity contribution in [2.45, 2.75) is 18.9 Å². The number of hydrogen-bond donors (Lipinski definition) is 2. The van der Waals surface area contributed by atoms with Gasteiger partial charge in [0, 0.05) is 50.5 Å². The summed E-state index contributed by atoms with van der Waals surface area (Å²) >= 11 is 0. The van der Waals surface area contributed by atoms with E-state index in [2.05, 4.69) is 10.2 Å². The fourth-order valence-electron chi connectivity index (χ4n) is 2.58. The molecule has 0 unspecified atom stereocenters. The van der Waals surface area contributed by atoms with Gasteiger partial charge in [0.15, 0.2) is 0 Å². The highest BCUT2D eigenvalue weighted by molar-refractivity contribution is 5.22. The fraction of sp³-hybridized carbons (Fsp3) is 0.571. The van der Waals surface area contributed by atoms with Gasteiger partial charge in [-0.05, 0) is 18.9 Å². The summed E-state index contributed by atoms with van der Waals surface area (Å²) < 4.78 is 26.9. The number of piperazine rings is 1. The van der Waals surface area contributed by atoms with Gasteiger partial charge in [0.25, 0.3) is 0 Å². The maximum Gasteiger partial charge on any atom is 0.130 e. The fourth-order valence-corrected chi connectivity index (χ4v) is 2.58. The van der Waals surface area contributed by atoms with Crippen molar-refractivity contribution in [1.82, 2.24) is 10.2 Å². The Hall–Kier alpha value is -1.04. The van der Waals surface area contributed by atoms with E-state index in [1.54, 1.807) is 0 Å². The lowest BCUT2D eigenvalue weighted by atomic mass is 9.99. The summed E-state index contributed by atoms with van der Waals surface area (Å²) in [6.45, 7) is 3.52. The summed E-state index contributed by atoms with van der Waals surface area (Å²) in [7, 11) is 0. The zero-order valence-electron chi connectivity index (χ0n) is 10.9. The first-order valence-corrected chi connectivity index (χ1v) is 6.73. The van der Waals surface area contributed by atoms with Crippen LogP contribution in [0.25, 0.3) is 0 Å². The van der Waals surface area contributed by atoms with Crippen LogP contribution in [-0.2, 0) is 0 Å². The first-order valence-electron chi connectivity index (χ1n) is 6.73. The van der Waals surface area contributed by atoms with E-state index in [-0.39, 0.29) is 12.6 Å². The molecule has 0 amide bonds. The second-order valence-electron chi connectivity index (χ2n) is 4.83. The smallest absolute Gasteiger partial charge is 0.130 e. The van der Waals surface area contributed by atoms with E-state index >= 15 is 0 Å². The Kier molecular flexibility index (Phi) is 5.24. The lowest BCUT2D eigenvalue weighted by Crippen LogP contribution is -2.45. The molecule has 1 saturated heterocycles. The van der Waals surface area contributed by atoms with E-state index in [0.29, 0.717) is 18.4 Å². The van der Waals surface area contributed by atoms with Crippen LogP contribution in [0.5, 0.6) is 0 Å². The zero-order valence-corrected chi connectivity index (χ0v) is 10.9. The van der Waals surface area contributed by atoms with Gasteiger partial charge in [-0.1, -0.05) is 6.07 Å². The highest BCUT2D eigenvalue weighted by atomic mass is 19.1. The second-order valence-corrected chi connectivity index (χ2v) is 4.83. The van der Waals surface area contributed by atoms with Crippen molar-refractivity contribution in [3.05, 3.63) is 35.4 Å². The van der Waals surface area contributed by atoms with Crippen molar-refractivity contribution in [1.29, 1.82) is 0 Å². The summed E-state index contributed by atoms with van der Waals surface area (Å²) in [6, 6.07) is 3.67. The third-order valence-electron chi connectivity index (χ3n) is 3.55. The molecule has 0 aliphatic carbocycles. The predicted molar refractivity (Wildman–Crippen MR) is 69.9 cm³/mol. The van der Waals surface area contributed by atoms with Gasteiger partial charge in [0.1, 0.15) is 11.6 Å². The van der Waals surface area contributed by atoms with Crippen LogP contribution in [0.3, 0.4) is 0 Å². The van der Waals surface area contributed by atoms with Gasteiger partial charge in [-0.25, -0.2) is 8.78 Å². The van der Waals surface area contributed by atoms with Gasteiger partial charge >= 0.3 is 0 Å². The molecule has 2 N–H and O–H groups in total. The van der Waals surface area contributed by atoms with Crippen LogP contribution in [0.15, 0.2) is 18.2 Å². The summed E-state index contributed by atoms with van der Waals surface area (Å²) in [5.41, 5.74) is 0.525. The number of aliphatic hydroxyl groups excluding tert-OH is 1. The van der Waals surface area contributed by atoms with Crippen LogP contribution in [0.1, 0.15) is 24.4 Å². The predicted octanol–water partition coefficient (Wildman–Crippen LogP) is 1.68. The Morgan fingerprint density at radius 2 is 2.00 bits per heavy atom. The van der Waals surface area contributed by atoms with E-state index in [9.17, 15) is 8.78 Å². The topological polar surface area (TPSA) is 35.5 Å². The molecule has 106 valence electrons.